The monoisotopic (exact) mass is 389 g/mol. The molecule has 0 radical (unpaired) electrons. The van der Waals surface area contributed by atoms with Gasteiger partial charge >= 0.3 is 0 Å². The summed E-state index contributed by atoms with van der Waals surface area (Å²) in [6.07, 6.45) is 0.976. The predicted octanol–water partition coefficient (Wildman–Crippen LogP) is 1.82. The highest BCUT2D eigenvalue weighted by atomic mass is 35.5. The number of amides is 1. The van der Waals surface area contributed by atoms with Gasteiger partial charge in [0.25, 0.3) is 5.91 Å². The van der Waals surface area contributed by atoms with Gasteiger partial charge in [-0.3, -0.25) is 4.79 Å². The number of halogens is 1. The molecule has 1 atom stereocenters. The third-order valence-electron chi connectivity index (χ3n) is 4.49. The second-order valence-electron chi connectivity index (χ2n) is 6.08. The molecule has 0 aromatic heterocycles. The summed E-state index contributed by atoms with van der Waals surface area (Å²) in [5.41, 5.74) is 0.438. The molecule has 1 aliphatic rings. The second kappa shape index (κ2) is 9.52. The van der Waals surface area contributed by atoms with Gasteiger partial charge in [-0.2, -0.15) is 4.31 Å². The van der Waals surface area contributed by atoms with Crippen molar-refractivity contribution in [3.8, 4) is 0 Å². The molecule has 1 saturated heterocycles. The zero-order chi connectivity index (χ0) is 17.7. The van der Waals surface area contributed by atoms with E-state index >= 15 is 0 Å². The van der Waals surface area contributed by atoms with Crippen LogP contribution in [-0.4, -0.2) is 63.3 Å². The quantitative estimate of drug-likeness (QED) is 0.772. The van der Waals surface area contributed by atoms with Crippen LogP contribution in [0.25, 0.3) is 0 Å². The van der Waals surface area contributed by atoms with Gasteiger partial charge in [0, 0.05) is 31.7 Å². The Hall–Kier alpha value is -1.15. The molecule has 1 aliphatic heterocycles. The molecule has 1 heterocycles. The molecule has 1 fully saturated rings. The second-order valence-corrected chi connectivity index (χ2v) is 8.02. The van der Waals surface area contributed by atoms with E-state index in [9.17, 15) is 13.2 Å². The fraction of sp³-hybridized carbons (Fsp3) is 0.588. The van der Waals surface area contributed by atoms with E-state index in [4.69, 9.17) is 0 Å². The SMILES string of the molecule is CCN(CC)S(=O)(=O)c1cccc(C(=O)N2CCC(CNC)C2)c1.Cl. The van der Waals surface area contributed by atoms with Crippen LogP contribution < -0.4 is 5.32 Å². The lowest BCUT2D eigenvalue weighted by Crippen LogP contribution is -2.32. The van der Waals surface area contributed by atoms with Crippen LogP contribution in [0.4, 0.5) is 0 Å². The molecule has 8 heteroatoms. The summed E-state index contributed by atoms with van der Waals surface area (Å²) in [6.45, 7) is 6.76. The number of likely N-dealkylation sites (tertiary alicyclic amines) is 1. The maximum atomic E-state index is 12.7. The molecule has 1 aromatic rings. The highest BCUT2D eigenvalue weighted by Crippen LogP contribution is 2.21. The first kappa shape index (κ1) is 21.9. The van der Waals surface area contributed by atoms with E-state index in [-0.39, 0.29) is 23.2 Å². The molecule has 0 aliphatic carbocycles. The maximum Gasteiger partial charge on any atom is 0.253 e. The van der Waals surface area contributed by atoms with Crippen LogP contribution in [0, 0.1) is 5.92 Å². The van der Waals surface area contributed by atoms with Crippen molar-refractivity contribution in [1.82, 2.24) is 14.5 Å². The Morgan fingerprint density at radius 2 is 2.00 bits per heavy atom. The van der Waals surface area contributed by atoms with Crippen molar-refractivity contribution in [2.24, 2.45) is 5.92 Å². The maximum absolute atomic E-state index is 12.7. The Kier molecular flexibility index (Phi) is 8.34. The molecule has 1 aromatic carbocycles. The Labute approximate surface area is 157 Å². The van der Waals surface area contributed by atoms with Gasteiger partial charge in [0.05, 0.1) is 4.90 Å². The summed E-state index contributed by atoms with van der Waals surface area (Å²) in [6, 6.07) is 6.39. The molecule has 0 spiro atoms. The Bertz CT molecular complexity index is 677. The molecule has 2 rings (SSSR count). The van der Waals surface area contributed by atoms with Gasteiger partial charge in [-0.15, -0.1) is 12.4 Å². The molecule has 0 bridgehead atoms. The lowest BCUT2D eigenvalue weighted by molar-refractivity contribution is 0.0787. The lowest BCUT2D eigenvalue weighted by Gasteiger charge is -2.20. The van der Waals surface area contributed by atoms with Gasteiger partial charge in [-0.1, -0.05) is 19.9 Å². The van der Waals surface area contributed by atoms with Crippen LogP contribution in [-0.2, 0) is 10.0 Å². The number of nitrogens with one attached hydrogen (secondary N) is 1. The van der Waals surface area contributed by atoms with Crippen LogP contribution in [0.2, 0.25) is 0 Å². The minimum atomic E-state index is -3.55. The number of sulfonamides is 1. The number of carbonyl (C=O) groups is 1. The molecule has 1 amide bonds. The van der Waals surface area contributed by atoms with Crippen LogP contribution in [0.5, 0.6) is 0 Å². The molecule has 1 N–H and O–H groups in total. The van der Waals surface area contributed by atoms with E-state index in [0.717, 1.165) is 19.5 Å². The average Bonchev–Trinajstić information content (AvgIpc) is 3.04. The van der Waals surface area contributed by atoms with Crippen LogP contribution in [0.1, 0.15) is 30.6 Å². The minimum absolute atomic E-state index is 0. The molecule has 25 heavy (non-hydrogen) atoms. The highest BCUT2D eigenvalue weighted by Gasteiger charge is 2.28. The van der Waals surface area contributed by atoms with Crippen molar-refractivity contribution in [1.29, 1.82) is 0 Å². The number of benzene rings is 1. The van der Waals surface area contributed by atoms with Crippen molar-refractivity contribution in [3.05, 3.63) is 29.8 Å². The zero-order valence-electron chi connectivity index (χ0n) is 15.1. The third kappa shape index (κ3) is 4.94. The van der Waals surface area contributed by atoms with Gasteiger partial charge in [0.2, 0.25) is 10.0 Å². The first-order valence-electron chi connectivity index (χ1n) is 8.48. The largest absolute Gasteiger partial charge is 0.338 e. The standard InChI is InChI=1S/C17H27N3O3S.ClH/c1-4-20(5-2)24(22,23)16-8-6-7-15(11-16)17(21)19-10-9-14(13-19)12-18-3;/h6-8,11,14,18H,4-5,9-10,12-13H2,1-3H3;1H. The van der Waals surface area contributed by atoms with Gasteiger partial charge < -0.3 is 10.2 Å². The Morgan fingerprint density at radius 3 is 2.60 bits per heavy atom. The average molecular weight is 390 g/mol. The van der Waals surface area contributed by atoms with Crippen molar-refractivity contribution in [2.75, 3.05) is 39.8 Å². The normalized spacial score (nSPS) is 17.6. The fourth-order valence-corrected chi connectivity index (χ4v) is 4.66. The third-order valence-corrected chi connectivity index (χ3v) is 6.54. The number of rotatable bonds is 7. The van der Waals surface area contributed by atoms with Gasteiger partial charge in [0.15, 0.2) is 0 Å². The van der Waals surface area contributed by atoms with Gasteiger partial charge in [0.1, 0.15) is 0 Å². The summed E-state index contributed by atoms with van der Waals surface area (Å²) >= 11 is 0. The van der Waals surface area contributed by atoms with E-state index in [1.807, 2.05) is 25.8 Å². The van der Waals surface area contributed by atoms with E-state index in [0.29, 0.717) is 31.1 Å². The fourth-order valence-electron chi connectivity index (χ4n) is 3.16. The Morgan fingerprint density at radius 1 is 1.32 bits per heavy atom. The lowest BCUT2D eigenvalue weighted by atomic mass is 10.1. The van der Waals surface area contributed by atoms with E-state index in [1.165, 1.54) is 10.4 Å². The Balaban J connectivity index is 0.00000312. The molecular weight excluding hydrogens is 362 g/mol. The van der Waals surface area contributed by atoms with Crippen LogP contribution >= 0.6 is 12.4 Å². The van der Waals surface area contributed by atoms with Crippen LogP contribution in [0.15, 0.2) is 29.2 Å². The summed E-state index contributed by atoms with van der Waals surface area (Å²) in [5, 5.41) is 3.14. The summed E-state index contributed by atoms with van der Waals surface area (Å²) < 4.78 is 26.6. The number of hydrogen-bond acceptors (Lipinski definition) is 4. The van der Waals surface area contributed by atoms with Crippen molar-refractivity contribution < 1.29 is 13.2 Å². The number of nitrogens with zero attached hydrogens (tertiary/aromatic N) is 2. The van der Waals surface area contributed by atoms with Crippen LogP contribution in [0.3, 0.4) is 0 Å². The summed E-state index contributed by atoms with van der Waals surface area (Å²) in [5.74, 6) is 0.367. The first-order chi connectivity index (χ1) is 11.4. The molecule has 0 saturated carbocycles. The van der Waals surface area contributed by atoms with Gasteiger partial charge in [-0.25, -0.2) is 8.42 Å². The number of hydrogen-bond donors (Lipinski definition) is 1. The van der Waals surface area contributed by atoms with Gasteiger partial charge in [-0.05, 0) is 44.1 Å². The molecule has 1 unspecified atom stereocenters. The van der Waals surface area contributed by atoms with Crippen molar-refractivity contribution in [3.63, 3.8) is 0 Å². The molecular formula is C17H28ClN3O3S. The predicted molar refractivity (Wildman–Crippen MR) is 102 cm³/mol. The zero-order valence-corrected chi connectivity index (χ0v) is 16.7. The first-order valence-corrected chi connectivity index (χ1v) is 9.92. The molecule has 142 valence electrons. The van der Waals surface area contributed by atoms with E-state index in [1.54, 1.807) is 18.2 Å². The number of carbonyl (C=O) groups excluding carboxylic acids is 1. The van der Waals surface area contributed by atoms with E-state index in [2.05, 4.69) is 5.32 Å². The summed E-state index contributed by atoms with van der Waals surface area (Å²) in [4.78, 5) is 14.7. The topological polar surface area (TPSA) is 69.7 Å². The van der Waals surface area contributed by atoms with Crippen molar-refractivity contribution in [2.45, 2.75) is 25.2 Å². The smallest absolute Gasteiger partial charge is 0.253 e. The highest BCUT2D eigenvalue weighted by molar-refractivity contribution is 7.89. The molecule has 6 nitrogen and oxygen atoms in total. The summed E-state index contributed by atoms with van der Waals surface area (Å²) in [7, 11) is -1.64. The van der Waals surface area contributed by atoms with Crippen molar-refractivity contribution >= 4 is 28.3 Å². The minimum Gasteiger partial charge on any atom is -0.338 e. The van der Waals surface area contributed by atoms with E-state index < -0.39 is 10.0 Å².